The number of rotatable bonds is 5. The maximum atomic E-state index is 13.1. The number of benzene rings is 2. The van der Waals surface area contributed by atoms with Gasteiger partial charge in [-0.3, -0.25) is 0 Å². The van der Waals surface area contributed by atoms with Gasteiger partial charge in [-0.25, -0.2) is 8.78 Å². The summed E-state index contributed by atoms with van der Waals surface area (Å²) in [6, 6.07) is 12.4. The van der Waals surface area contributed by atoms with E-state index >= 15 is 0 Å². The van der Waals surface area contributed by atoms with Crippen molar-refractivity contribution in [2.24, 2.45) is 0 Å². The van der Waals surface area contributed by atoms with E-state index < -0.39 is 17.7 Å². The van der Waals surface area contributed by atoms with Crippen molar-refractivity contribution in [1.82, 2.24) is 5.32 Å². The minimum absolute atomic E-state index is 0.251. The Morgan fingerprint density at radius 3 is 2.20 bits per heavy atom. The summed E-state index contributed by atoms with van der Waals surface area (Å²) in [6.07, 6.45) is -0.656. The van der Waals surface area contributed by atoms with E-state index in [0.717, 1.165) is 11.6 Å². The summed E-state index contributed by atoms with van der Waals surface area (Å²) in [5.74, 6) is -1.20. The molecule has 0 aliphatic carbocycles. The lowest BCUT2D eigenvalue weighted by Gasteiger charge is -2.18. The molecule has 0 heterocycles. The Hall–Kier alpha value is -1.78. The second-order valence-electron chi connectivity index (χ2n) is 4.76. The van der Waals surface area contributed by atoms with Crippen molar-refractivity contribution in [1.29, 1.82) is 0 Å². The summed E-state index contributed by atoms with van der Waals surface area (Å²) in [5.41, 5.74) is 1.32. The third-order valence-corrected chi connectivity index (χ3v) is 3.19. The Kier molecular flexibility index (Phi) is 4.82. The molecule has 0 radical (unpaired) electrons. The molecule has 2 atom stereocenters. The first kappa shape index (κ1) is 14.6. The summed E-state index contributed by atoms with van der Waals surface area (Å²) >= 11 is 0. The number of halogens is 2. The summed E-state index contributed by atoms with van der Waals surface area (Å²) in [6.45, 7) is 2.11. The molecular formula is C16H17F2NO. The first-order valence-electron chi connectivity index (χ1n) is 6.48. The van der Waals surface area contributed by atoms with Crippen LogP contribution in [0.25, 0.3) is 0 Å². The average Bonchev–Trinajstić information content (AvgIpc) is 2.44. The van der Waals surface area contributed by atoms with Gasteiger partial charge in [-0.1, -0.05) is 30.3 Å². The summed E-state index contributed by atoms with van der Waals surface area (Å²) in [5, 5.41) is 13.1. The Morgan fingerprint density at radius 1 is 1.00 bits per heavy atom. The third kappa shape index (κ3) is 3.85. The van der Waals surface area contributed by atoms with Crippen LogP contribution in [-0.2, 0) is 0 Å². The van der Waals surface area contributed by atoms with Gasteiger partial charge in [-0.2, -0.15) is 0 Å². The average molecular weight is 277 g/mol. The van der Waals surface area contributed by atoms with Crippen LogP contribution in [-0.4, -0.2) is 11.7 Å². The first-order valence-corrected chi connectivity index (χ1v) is 6.48. The Morgan fingerprint density at radius 2 is 1.60 bits per heavy atom. The number of nitrogens with one attached hydrogen (secondary N) is 1. The number of hydrogen-bond donors (Lipinski definition) is 2. The number of aliphatic hydroxyl groups excluding tert-OH is 1. The highest BCUT2D eigenvalue weighted by Gasteiger charge is 2.12. The minimum Gasteiger partial charge on any atom is -0.387 e. The highest BCUT2D eigenvalue weighted by molar-refractivity contribution is 5.21. The smallest absolute Gasteiger partial charge is 0.126 e. The maximum absolute atomic E-state index is 13.1. The van der Waals surface area contributed by atoms with E-state index in [2.05, 4.69) is 5.32 Å². The van der Waals surface area contributed by atoms with Crippen LogP contribution in [0.3, 0.4) is 0 Å². The predicted molar refractivity (Wildman–Crippen MR) is 74.2 cm³/mol. The zero-order valence-corrected chi connectivity index (χ0v) is 11.2. The van der Waals surface area contributed by atoms with Gasteiger partial charge in [-0.05, 0) is 30.2 Å². The lowest BCUT2D eigenvalue weighted by molar-refractivity contribution is 0.171. The molecule has 2 rings (SSSR count). The van der Waals surface area contributed by atoms with E-state index in [0.29, 0.717) is 12.1 Å². The van der Waals surface area contributed by atoms with Crippen molar-refractivity contribution in [2.45, 2.75) is 19.1 Å². The van der Waals surface area contributed by atoms with Crippen LogP contribution in [0.1, 0.15) is 30.2 Å². The van der Waals surface area contributed by atoms with Crippen molar-refractivity contribution < 1.29 is 13.9 Å². The second-order valence-corrected chi connectivity index (χ2v) is 4.76. The standard InChI is InChI=1S/C16H17F2NO/c1-11(13-7-14(17)9-15(18)8-13)19-10-16(20)12-5-3-2-4-6-12/h2-9,11,16,19-20H,10H2,1H3. The largest absolute Gasteiger partial charge is 0.387 e. The molecule has 0 aliphatic heterocycles. The number of hydrogen-bond acceptors (Lipinski definition) is 2. The van der Waals surface area contributed by atoms with Crippen molar-refractivity contribution in [3.8, 4) is 0 Å². The summed E-state index contributed by atoms with van der Waals surface area (Å²) < 4.78 is 26.3. The molecule has 0 saturated heterocycles. The van der Waals surface area contributed by atoms with Gasteiger partial charge in [0.1, 0.15) is 11.6 Å². The Bertz CT molecular complexity index is 539. The fourth-order valence-electron chi connectivity index (χ4n) is 2.02. The highest BCUT2D eigenvalue weighted by Crippen LogP contribution is 2.17. The molecule has 0 bridgehead atoms. The molecule has 0 aromatic heterocycles. The number of aliphatic hydroxyl groups is 1. The molecule has 20 heavy (non-hydrogen) atoms. The van der Waals surface area contributed by atoms with Crippen molar-refractivity contribution in [3.63, 3.8) is 0 Å². The van der Waals surface area contributed by atoms with E-state index in [1.165, 1.54) is 12.1 Å². The zero-order valence-electron chi connectivity index (χ0n) is 11.2. The minimum atomic E-state index is -0.656. The van der Waals surface area contributed by atoms with Gasteiger partial charge >= 0.3 is 0 Å². The molecular weight excluding hydrogens is 260 g/mol. The van der Waals surface area contributed by atoms with Gasteiger partial charge < -0.3 is 10.4 Å². The van der Waals surface area contributed by atoms with E-state index in [9.17, 15) is 13.9 Å². The molecule has 106 valence electrons. The van der Waals surface area contributed by atoms with Crippen LogP contribution in [0, 0.1) is 11.6 Å². The molecule has 0 aliphatic rings. The molecule has 2 aromatic rings. The molecule has 2 aromatic carbocycles. The lowest BCUT2D eigenvalue weighted by Crippen LogP contribution is -2.24. The van der Waals surface area contributed by atoms with E-state index in [4.69, 9.17) is 0 Å². The summed E-state index contributed by atoms with van der Waals surface area (Å²) in [4.78, 5) is 0. The SMILES string of the molecule is CC(NCC(O)c1ccccc1)c1cc(F)cc(F)c1. The quantitative estimate of drug-likeness (QED) is 0.878. The van der Waals surface area contributed by atoms with Crippen molar-refractivity contribution in [2.75, 3.05) is 6.54 Å². The molecule has 4 heteroatoms. The van der Waals surface area contributed by atoms with Crippen molar-refractivity contribution in [3.05, 3.63) is 71.3 Å². The Labute approximate surface area is 117 Å². The zero-order chi connectivity index (χ0) is 14.5. The molecule has 2 nitrogen and oxygen atoms in total. The van der Waals surface area contributed by atoms with Gasteiger partial charge in [0, 0.05) is 18.7 Å². The fraction of sp³-hybridized carbons (Fsp3) is 0.250. The summed E-state index contributed by atoms with van der Waals surface area (Å²) in [7, 11) is 0. The van der Waals surface area contributed by atoms with E-state index in [1.807, 2.05) is 30.3 Å². The van der Waals surface area contributed by atoms with Crippen LogP contribution in [0.4, 0.5) is 8.78 Å². The van der Waals surface area contributed by atoms with Crippen molar-refractivity contribution >= 4 is 0 Å². The second kappa shape index (κ2) is 6.59. The van der Waals surface area contributed by atoms with Gasteiger partial charge in [0.05, 0.1) is 6.10 Å². The van der Waals surface area contributed by atoms with Crippen LogP contribution >= 0.6 is 0 Å². The Balaban J connectivity index is 1.96. The molecule has 0 fully saturated rings. The molecule has 2 N–H and O–H groups in total. The maximum Gasteiger partial charge on any atom is 0.126 e. The monoisotopic (exact) mass is 277 g/mol. The van der Waals surface area contributed by atoms with Gasteiger partial charge in [0.25, 0.3) is 0 Å². The molecule has 0 amide bonds. The molecule has 2 unspecified atom stereocenters. The first-order chi connectivity index (χ1) is 9.56. The van der Waals surface area contributed by atoms with Crippen LogP contribution in [0.5, 0.6) is 0 Å². The van der Waals surface area contributed by atoms with Gasteiger partial charge in [-0.15, -0.1) is 0 Å². The van der Waals surface area contributed by atoms with E-state index in [-0.39, 0.29) is 6.04 Å². The molecule has 0 spiro atoms. The van der Waals surface area contributed by atoms with Gasteiger partial charge in [0.2, 0.25) is 0 Å². The third-order valence-electron chi connectivity index (χ3n) is 3.19. The van der Waals surface area contributed by atoms with Gasteiger partial charge in [0.15, 0.2) is 0 Å². The topological polar surface area (TPSA) is 32.3 Å². The van der Waals surface area contributed by atoms with E-state index in [1.54, 1.807) is 6.92 Å². The fourth-order valence-corrected chi connectivity index (χ4v) is 2.02. The normalized spacial score (nSPS) is 14.0. The predicted octanol–water partition coefficient (Wildman–Crippen LogP) is 3.35. The van der Waals surface area contributed by atoms with Crippen LogP contribution < -0.4 is 5.32 Å². The lowest BCUT2D eigenvalue weighted by atomic mass is 10.1. The van der Waals surface area contributed by atoms with Crippen LogP contribution in [0.2, 0.25) is 0 Å². The van der Waals surface area contributed by atoms with Crippen LogP contribution in [0.15, 0.2) is 48.5 Å². The molecule has 0 saturated carbocycles. The highest BCUT2D eigenvalue weighted by atomic mass is 19.1.